The van der Waals surface area contributed by atoms with Crippen LogP contribution in [0.3, 0.4) is 0 Å². The molecule has 0 aliphatic carbocycles. The molecule has 188 valence electrons. The number of benzene rings is 4. The summed E-state index contributed by atoms with van der Waals surface area (Å²) >= 11 is 0. The van der Waals surface area contributed by atoms with Gasteiger partial charge in [0.15, 0.2) is 0 Å². The van der Waals surface area contributed by atoms with Crippen LogP contribution in [0.5, 0.6) is 5.75 Å². The van der Waals surface area contributed by atoms with E-state index in [2.05, 4.69) is 21.9 Å². The zero-order chi connectivity index (χ0) is 26.6. The lowest BCUT2D eigenvalue weighted by atomic mass is 10.0. The second kappa shape index (κ2) is 13.2. The van der Waals surface area contributed by atoms with Crippen LogP contribution in [0.1, 0.15) is 45.1 Å². The van der Waals surface area contributed by atoms with Crippen molar-refractivity contribution in [2.45, 2.75) is 19.1 Å². The first kappa shape index (κ1) is 25.9. The van der Waals surface area contributed by atoms with E-state index in [1.54, 1.807) is 42.5 Å². The van der Waals surface area contributed by atoms with Gasteiger partial charge in [0.2, 0.25) is 5.91 Å². The maximum atomic E-state index is 12.7. The predicted octanol–water partition coefficient (Wildman–Crippen LogP) is 5.15. The van der Waals surface area contributed by atoms with Gasteiger partial charge in [-0.15, -0.1) is 0 Å². The van der Waals surface area contributed by atoms with E-state index in [-0.39, 0.29) is 24.8 Å². The van der Waals surface area contributed by atoms with E-state index in [1.807, 2.05) is 66.7 Å². The van der Waals surface area contributed by atoms with E-state index >= 15 is 0 Å². The van der Waals surface area contributed by atoms with E-state index in [4.69, 9.17) is 4.74 Å². The average Bonchev–Trinajstić information content (AvgIpc) is 2.97. The van der Waals surface area contributed by atoms with Gasteiger partial charge in [-0.05, 0) is 53.6 Å². The van der Waals surface area contributed by atoms with Crippen molar-refractivity contribution in [2.24, 2.45) is 5.10 Å². The maximum absolute atomic E-state index is 12.7. The first-order valence-corrected chi connectivity index (χ1v) is 12.1. The number of hydrogen-bond donors (Lipinski definition) is 2. The Bertz CT molecular complexity index is 1430. The summed E-state index contributed by atoms with van der Waals surface area (Å²) in [4.78, 5) is 25.3. The molecular formula is C31H26N4O3. The van der Waals surface area contributed by atoms with Crippen LogP contribution in [0, 0.1) is 11.3 Å². The highest BCUT2D eigenvalue weighted by Crippen LogP contribution is 2.18. The van der Waals surface area contributed by atoms with Crippen molar-refractivity contribution in [1.29, 1.82) is 5.26 Å². The predicted molar refractivity (Wildman–Crippen MR) is 145 cm³/mol. The van der Waals surface area contributed by atoms with Gasteiger partial charge in [-0.2, -0.15) is 10.4 Å². The van der Waals surface area contributed by atoms with E-state index < -0.39 is 6.04 Å². The summed E-state index contributed by atoms with van der Waals surface area (Å²) in [6.07, 6.45) is 1.56. The molecule has 0 bridgehead atoms. The normalized spacial score (nSPS) is 11.3. The van der Waals surface area contributed by atoms with Gasteiger partial charge in [-0.25, -0.2) is 5.43 Å². The van der Waals surface area contributed by atoms with Crippen molar-refractivity contribution in [1.82, 2.24) is 10.7 Å². The number of hydrazone groups is 1. The molecule has 38 heavy (non-hydrogen) atoms. The number of nitrogens with zero attached hydrogens (tertiary/aromatic N) is 2. The van der Waals surface area contributed by atoms with Crippen molar-refractivity contribution in [3.05, 3.63) is 137 Å². The van der Waals surface area contributed by atoms with Crippen molar-refractivity contribution >= 4 is 18.0 Å². The molecule has 7 heteroatoms. The Balaban J connectivity index is 1.32. The molecule has 0 saturated heterocycles. The number of ether oxygens (including phenoxy) is 1. The minimum atomic E-state index is -0.512. The summed E-state index contributed by atoms with van der Waals surface area (Å²) in [6.45, 7) is 0.288. The third-order valence-electron chi connectivity index (χ3n) is 5.75. The molecule has 0 spiro atoms. The fraction of sp³-hybridized carbons (Fsp3) is 0.0968. The molecule has 0 radical (unpaired) electrons. The van der Waals surface area contributed by atoms with Gasteiger partial charge in [-0.3, -0.25) is 9.59 Å². The molecule has 2 amide bonds. The van der Waals surface area contributed by atoms with Crippen LogP contribution in [0.25, 0.3) is 0 Å². The molecule has 1 atom stereocenters. The van der Waals surface area contributed by atoms with Gasteiger partial charge >= 0.3 is 0 Å². The van der Waals surface area contributed by atoms with Gasteiger partial charge in [0, 0.05) is 11.1 Å². The summed E-state index contributed by atoms with van der Waals surface area (Å²) in [5.41, 5.74) is 6.05. The summed E-state index contributed by atoms with van der Waals surface area (Å²) in [6, 6.07) is 34.4. The third kappa shape index (κ3) is 7.39. The zero-order valence-corrected chi connectivity index (χ0v) is 20.6. The number of rotatable bonds is 10. The Labute approximate surface area is 221 Å². The fourth-order valence-electron chi connectivity index (χ4n) is 3.74. The van der Waals surface area contributed by atoms with Crippen LogP contribution in [-0.4, -0.2) is 18.0 Å². The number of carbonyl (C=O) groups excluding carboxylic acids is 2. The molecule has 7 nitrogen and oxygen atoms in total. The molecule has 0 aliphatic heterocycles. The van der Waals surface area contributed by atoms with Gasteiger partial charge in [-0.1, -0.05) is 66.7 Å². The summed E-state index contributed by atoms with van der Waals surface area (Å²) in [5, 5.41) is 16.2. The third-order valence-corrected chi connectivity index (χ3v) is 5.75. The molecule has 4 aromatic carbocycles. The number of amides is 2. The highest BCUT2D eigenvalue weighted by molar-refractivity contribution is 5.94. The molecule has 2 N–H and O–H groups in total. The van der Waals surface area contributed by atoms with Crippen molar-refractivity contribution in [3.63, 3.8) is 0 Å². The quantitative estimate of drug-likeness (QED) is 0.231. The lowest BCUT2D eigenvalue weighted by Gasteiger charge is -2.18. The Hall–Kier alpha value is -5.22. The number of carbonyl (C=O) groups is 2. The van der Waals surface area contributed by atoms with Gasteiger partial charge < -0.3 is 10.1 Å². The standard InChI is InChI=1S/C31H26N4O3/c32-20-26-13-7-8-14-27(26)22-38-28-17-15-23(16-18-28)21-33-35-30(36)19-29(24-9-3-1-4-10-24)34-31(37)25-11-5-2-6-12-25/h1-18,21,29H,19,22H2,(H,34,37)(H,35,36)/b33-21-/t29-/m0/s1. The molecule has 0 saturated carbocycles. The monoisotopic (exact) mass is 502 g/mol. The smallest absolute Gasteiger partial charge is 0.251 e. The highest BCUT2D eigenvalue weighted by Gasteiger charge is 2.19. The molecule has 0 aromatic heterocycles. The van der Waals surface area contributed by atoms with E-state index in [0.717, 1.165) is 16.7 Å². The first-order chi connectivity index (χ1) is 18.6. The molecule has 0 heterocycles. The molecular weight excluding hydrogens is 476 g/mol. The Morgan fingerprint density at radius 3 is 2.24 bits per heavy atom. The lowest BCUT2D eigenvalue weighted by molar-refractivity contribution is -0.121. The second-order valence-electron chi connectivity index (χ2n) is 8.43. The number of nitriles is 1. The Morgan fingerprint density at radius 1 is 0.868 bits per heavy atom. The molecule has 4 aromatic rings. The fourth-order valence-corrected chi connectivity index (χ4v) is 3.74. The molecule has 4 rings (SSSR count). The number of nitrogens with one attached hydrogen (secondary N) is 2. The molecule has 0 unspecified atom stereocenters. The maximum Gasteiger partial charge on any atom is 0.251 e. The van der Waals surface area contributed by atoms with Crippen LogP contribution in [0.2, 0.25) is 0 Å². The van der Waals surface area contributed by atoms with Crippen LogP contribution in [0.15, 0.2) is 114 Å². The SMILES string of the molecule is N#Cc1ccccc1COc1ccc(/C=N\NC(=O)C[C@H](NC(=O)c2ccccc2)c2ccccc2)cc1. The summed E-state index contributed by atoms with van der Waals surface area (Å²) in [7, 11) is 0. The lowest BCUT2D eigenvalue weighted by Crippen LogP contribution is -2.32. The zero-order valence-electron chi connectivity index (χ0n) is 20.6. The van der Waals surface area contributed by atoms with Gasteiger partial charge in [0.1, 0.15) is 12.4 Å². The average molecular weight is 503 g/mol. The minimum absolute atomic E-state index is 0.0247. The summed E-state index contributed by atoms with van der Waals surface area (Å²) < 4.78 is 5.78. The van der Waals surface area contributed by atoms with E-state index in [9.17, 15) is 14.9 Å². The van der Waals surface area contributed by atoms with Gasteiger partial charge in [0.25, 0.3) is 5.91 Å². The molecule has 0 fully saturated rings. The van der Waals surface area contributed by atoms with Crippen molar-refractivity contribution in [2.75, 3.05) is 0 Å². The minimum Gasteiger partial charge on any atom is -0.489 e. The van der Waals surface area contributed by atoms with E-state index in [0.29, 0.717) is 16.9 Å². The molecule has 0 aliphatic rings. The number of hydrogen-bond acceptors (Lipinski definition) is 5. The van der Waals surface area contributed by atoms with E-state index in [1.165, 1.54) is 6.21 Å². The van der Waals surface area contributed by atoms with Crippen LogP contribution >= 0.6 is 0 Å². The summed E-state index contributed by atoms with van der Waals surface area (Å²) in [5.74, 6) is 0.0625. The topological polar surface area (TPSA) is 104 Å². The van der Waals surface area contributed by atoms with Crippen LogP contribution in [0.4, 0.5) is 0 Å². The highest BCUT2D eigenvalue weighted by atomic mass is 16.5. The largest absolute Gasteiger partial charge is 0.489 e. The van der Waals surface area contributed by atoms with Crippen molar-refractivity contribution < 1.29 is 14.3 Å². The Kier molecular flexibility index (Phi) is 8.98. The van der Waals surface area contributed by atoms with Crippen LogP contribution < -0.4 is 15.5 Å². The second-order valence-corrected chi connectivity index (χ2v) is 8.43. The Morgan fingerprint density at radius 2 is 1.53 bits per heavy atom. The first-order valence-electron chi connectivity index (χ1n) is 12.1. The van der Waals surface area contributed by atoms with Crippen molar-refractivity contribution in [3.8, 4) is 11.8 Å². The van der Waals surface area contributed by atoms with Crippen LogP contribution in [-0.2, 0) is 11.4 Å². The van der Waals surface area contributed by atoms with Gasteiger partial charge in [0.05, 0.1) is 30.3 Å².